The molecule has 0 saturated carbocycles. The lowest BCUT2D eigenvalue weighted by Crippen LogP contribution is -2.39. The van der Waals surface area contributed by atoms with Crippen molar-refractivity contribution in [1.82, 2.24) is 10.2 Å². The summed E-state index contributed by atoms with van der Waals surface area (Å²) in [6.45, 7) is 1.75. The molecular formula is C16H23ClN2O2. The third-order valence-electron chi connectivity index (χ3n) is 4.37. The lowest BCUT2D eigenvalue weighted by molar-refractivity contribution is -0.130. The van der Waals surface area contributed by atoms with Gasteiger partial charge in [-0.25, -0.2) is 0 Å². The lowest BCUT2D eigenvalue weighted by Gasteiger charge is -2.24. The number of carbonyl (C=O) groups excluding carboxylic acids is 1. The number of ether oxygens (including phenoxy) is 1. The summed E-state index contributed by atoms with van der Waals surface area (Å²) in [6, 6.07) is 8.89. The Hall–Kier alpha value is -1.26. The maximum Gasteiger partial charge on any atom is 0.227 e. The molecule has 2 saturated heterocycles. The van der Waals surface area contributed by atoms with Gasteiger partial charge in [0.05, 0.1) is 13.5 Å². The molecule has 5 heteroatoms. The predicted octanol–water partition coefficient (Wildman–Crippen LogP) is 2.01. The van der Waals surface area contributed by atoms with E-state index >= 15 is 0 Å². The van der Waals surface area contributed by atoms with E-state index in [0.29, 0.717) is 18.5 Å². The van der Waals surface area contributed by atoms with Gasteiger partial charge < -0.3 is 15.0 Å². The largest absolute Gasteiger partial charge is 0.497 e. The minimum absolute atomic E-state index is 0. The van der Waals surface area contributed by atoms with Crippen molar-refractivity contribution in [2.45, 2.75) is 37.8 Å². The van der Waals surface area contributed by atoms with Gasteiger partial charge in [-0.15, -0.1) is 12.4 Å². The molecule has 0 aromatic heterocycles. The molecule has 2 aliphatic rings. The van der Waals surface area contributed by atoms with Crippen LogP contribution in [0, 0.1) is 0 Å². The number of amides is 1. The predicted molar refractivity (Wildman–Crippen MR) is 85.1 cm³/mol. The minimum atomic E-state index is 0. The van der Waals surface area contributed by atoms with E-state index in [1.807, 2.05) is 29.2 Å². The van der Waals surface area contributed by atoms with Crippen LogP contribution in [0.3, 0.4) is 0 Å². The molecule has 0 radical (unpaired) electrons. The Morgan fingerprint density at radius 1 is 1.33 bits per heavy atom. The van der Waals surface area contributed by atoms with Crippen LogP contribution in [-0.4, -0.2) is 43.1 Å². The highest BCUT2D eigenvalue weighted by molar-refractivity contribution is 5.85. The number of hydrogen-bond acceptors (Lipinski definition) is 3. The standard InChI is InChI=1S/C16H22N2O2.ClH/c1-20-15-4-2-3-12(9-15)10-16(19)18-8-7-13-5-6-14(11-18)17-13;/h2-4,9,13-14,17H,5-8,10-11H2,1H3;1H. The maximum absolute atomic E-state index is 12.5. The van der Waals surface area contributed by atoms with E-state index in [1.165, 1.54) is 12.8 Å². The Kier molecular flexibility index (Phi) is 5.48. The Labute approximate surface area is 132 Å². The zero-order chi connectivity index (χ0) is 13.9. The van der Waals surface area contributed by atoms with Crippen molar-refractivity contribution in [2.75, 3.05) is 20.2 Å². The monoisotopic (exact) mass is 310 g/mol. The molecule has 2 unspecified atom stereocenters. The number of halogens is 1. The number of rotatable bonds is 3. The van der Waals surface area contributed by atoms with Gasteiger partial charge in [-0.3, -0.25) is 4.79 Å². The van der Waals surface area contributed by atoms with Crippen molar-refractivity contribution < 1.29 is 9.53 Å². The van der Waals surface area contributed by atoms with Crippen LogP contribution in [0.5, 0.6) is 5.75 Å². The minimum Gasteiger partial charge on any atom is -0.497 e. The summed E-state index contributed by atoms with van der Waals surface area (Å²) in [4.78, 5) is 14.5. The first-order valence-electron chi connectivity index (χ1n) is 7.41. The van der Waals surface area contributed by atoms with Gasteiger partial charge in [0.2, 0.25) is 5.91 Å². The van der Waals surface area contributed by atoms with Crippen LogP contribution in [0.25, 0.3) is 0 Å². The Balaban J connectivity index is 0.00000161. The van der Waals surface area contributed by atoms with Crippen LogP contribution in [0.15, 0.2) is 24.3 Å². The molecule has 1 N–H and O–H groups in total. The molecule has 4 nitrogen and oxygen atoms in total. The molecule has 1 amide bonds. The fourth-order valence-corrected chi connectivity index (χ4v) is 3.24. The molecule has 2 bridgehead atoms. The molecule has 21 heavy (non-hydrogen) atoms. The third-order valence-corrected chi connectivity index (χ3v) is 4.37. The molecular weight excluding hydrogens is 288 g/mol. The van der Waals surface area contributed by atoms with E-state index in [4.69, 9.17) is 4.74 Å². The van der Waals surface area contributed by atoms with E-state index in [2.05, 4.69) is 5.32 Å². The summed E-state index contributed by atoms with van der Waals surface area (Å²) in [7, 11) is 1.65. The van der Waals surface area contributed by atoms with Gasteiger partial charge in [0.15, 0.2) is 0 Å². The van der Waals surface area contributed by atoms with E-state index in [0.717, 1.165) is 30.8 Å². The Morgan fingerprint density at radius 3 is 2.95 bits per heavy atom. The zero-order valence-electron chi connectivity index (χ0n) is 12.4. The van der Waals surface area contributed by atoms with Gasteiger partial charge in [0.25, 0.3) is 0 Å². The fraction of sp³-hybridized carbons (Fsp3) is 0.562. The molecule has 116 valence electrons. The highest BCUT2D eigenvalue weighted by Gasteiger charge is 2.30. The van der Waals surface area contributed by atoms with Gasteiger partial charge in [-0.2, -0.15) is 0 Å². The third kappa shape index (κ3) is 3.89. The summed E-state index contributed by atoms with van der Waals surface area (Å²) >= 11 is 0. The first-order valence-corrected chi connectivity index (χ1v) is 7.41. The Bertz CT molecular complexity index is 495. The quantitative estimate of drug-likeness (QED) is 0.928. The summed E-state index contributed by atoms with van der Waals surface area (Å²) in [5, 5.41) is 3.61. The van der Waals surface area contributed by atoms with E-state index in [-0.39, 0.29) is 18.3 Å². The van der Waals surface area contributed by atoms with E-state index in [1.54, 1.807) is 7.11 Å². The highest BCUT2D eigenvalue weighted by Crippen LogP contribution is 2.21. The number of hydrogen-bond donors (Lipinski definition) is 1. The summed E-state index contributed by atoms with van der Waals surface area (Å²) < 4.78 is 5.21. The van der Waals surface area contributed by atoms with Crippen molar-refractivity contribution in [2.24, 2.45) is 0 Å². The van der Waals surface area contributed by atoms with Gasteiger partial charge >= 0.3 is 0 Å². The number of likely N-dealkylation sites (tertiary alicyclic amines) is 1. The van der Waals surface area contributed by atoms with Crippen LogP contribution in [0.4, 0.5) is 0 Å². The normalized spacial score (nSPS) is 24.1. The summed E-state index contributed by atoms with van der Waals surface area (Å²) in [5.41, 5.74) is 1.02. The van der Waals surface area contributed by atoms with Crippen molar-refractivity contribution in [3.05, 3.63) is 29.8 Å². The van der Waals surface area contributed by atoms with Crippen molar-refractivity contribution in [3.63, 3.8) is 0 Å². The molecule has 2 aliphatic heterocycles. The van der Waals surface area contributed by atoms with Crippen LogP contribution in [0.2, 0.25) is 0 Å². The zero-order valence-corrected chi connectivity index (χ0v) is 13.2. The van der Waals surface area contributed by atoms with Crippen LogP contribution >= 0.6 is 12.4 Å². The molecule has 1 aromatic carbocycles. The SMILES string of the molecule is COc1cccc(CC(=O)N2CCC3CCC(C2)N3)c1.Cl. The first-order chi connectivity index (χ1) is 9.74. The van der Waals surface area contributed by atoms with Gasteiger partial charge in [0, 0.05) is 25.2 Å². The van der Waals surface area contributed by atoms with Crippen LogP contribution < -0.4 is 10.1 Å². The smallest absolute Gasteiger partial charge is 0.227 e. The van der Waals surface area contributed by atoms with Crippen molar-refractivity contribution >= 4 is 18.3 Å². The number of methoxy groups -OCH3 is 1. The average molecular weight is 311 g/mol. The molecule has 2 atom stereocenters. The van der Waals surface area contributed by atoms with Crippen LogP contribution in [0.1, 0.15) is 24.8 Å². The number of fused-ring (bicyclic) bond motifs is 2. The second kappa shape index (κ2) is 7.14. The van der Waals surface area contributed by atoms with Crippen LogP contribution in [-0.2, 0) is 11.2 Å². The highest BCUT2D eigenvalue weighted by atomic mass is 35.5. The number of carbonyl (C=O) groups is 1. The number of nitrogens with zero attached hydrogens (tertiary/aromatic N) is 1. The summed E-state index contributed by atoms with van der Waals surface area (Å²) in [5.74, 6) is 1.04. The second-order valence-electron chi connectivity index (χ2n) is 5.79. The molecule has 0 spiro atoms. The average Bonchev–Trinajstić information content (AvgIpc) is 2.78. The molecule has 2 heterocycles. The van der Waals surface area contributed by atoms with Crippen molar-refractivity contribution in [1.29, 1.82) is 0 Å². The molecule has 3 rings (SSSR count). The molecule has 1 aromatic rings. The van der Waals surface area contributed by atoms with Gasteiger partial charge in [-0.1, -0.05) is 12.1 Å². The second-order valence-corrected chi connectivity index (χ2v) is 5.79. The fourth-order valence-electron chi connectivity index (χ4n) is 3.24. The number of benzene rings is 1. The Morgan fingerprint density at radius 2 is 2.14 bits per heavy atom. The molecule has 2 fully saturated rings. The topological polar surface area (TPSA) is 41.6 Å². The van der Waals surface area contributed by atoms with Gasteiger partial charge in [0.1, 0.15) is 5.75 Å². The number of nitrogens with one attached hydrogen (secondary N) is 1. The van der Waals surface area contributed by atoms with Crippen molar-refractivity contribution in [3.8, 4) is 5.75 Å². The van der Waals surface area contributed by atoms with E-state index in [9.17, 15) is 4.79 Å². The molecule has 0 aliphatic carbocycles. The first kappa shape index (κ1) is 16.1. The summed E-state index contributed by atoms with van der Waals surface area (Å²) in [6.07, 6.45) is 4.02. The maximum atomic E-state index is 12.5. The lowest BCUT2D eigenvalue weighted by atomic mass is 10.1. The van der Waals surface area contributed by atoms with Gasteiger partial charge in [-0.05, 0) is 37.0 Å². The van der Waals surface area contributed by atoms with E-state index < -0.39 is 0 Å².